The van der Waals surface area contributed by atoms with Crippen LogP contribution in [0.1, 0.15) is 30.3 Å². The molecule has 2 heterocycles. The molecule has 0 aliphatic heterocycles. The van der Waals surface area contributed by atoms with Crippen molar-refractivity contribution in [3.05, 3.63) is 40.2 Å². The van der Waals surface area contributed by atoms with Crippen molar-refractivity contribution in [3.63, 3.8) is 0 Å². The van der Waals surface area contributed by atoms with Gasteiger partial charge in [-0.25, -0.2) is 4.98 Å². The Bertz CT molecular complexity index is 735. The van der Waals surface area contributed by atoms with Gasteiger partial charge in [0.1, 0.15) is 11.6 Å². The third-order valence-corrected chi connectivity index (χ3v) is 4.07. The van der Waals surface area contributed by atoms with Crippen LogP contribution >= 0.6 is 11.3 Å². The van der Waals surface area contributed by atoms with Crippen LogP contribution in [-0.4, -0.2) is 15.5 Å². The first kappa shape index (κ1) is 16.0. The highest BCUT2D eigenvalue weighted by atomic mass is 32.1. The fraction of sp³-hybridized carbons (Fsp3) is 0.312. The van der Waals surface area contributed by atoms with Crippen LogP contribution in [0.15, 0.2) is 23.2 Å². The molecule has 0 atom stereocenters. The van der Waals surface area contributed by atoms with E-state index in [1.54, 1.807) is 17.7 Å². The van der Waals surface area contributed by atoms with Gasteiger partial charge in [-0.1, -0.05) is 6.92 Å². The summed E-state index contributed by atoms with van der Waals surface area (Å²) in [5, 5.41) is 14.1. The van der Waals surface area contributed by atoms with Crippen molar-refractivity contribution in [2.24, 2.45) is 0 Å². The average molecular weight is 314 g/mol. The Balaban J connectivity index is 2.27. The molecule has 114 valence electrons. The highest BCUT2D eigenvalue weighted by molar-refractivity contribution is 7.13. The molecular formula is C16H18N4OS. The molecule has 0 unspecified atom stereocenters. The summed E-state index contributed by atoms with van der Waals surface area (Å²) in [5.74, 6) is -0.433. The molecule has 0 saturated carbocycles. The van der Waals surface area contributed by atoms with Gasteiger partial charge in [0, 0.05) is 29.5 Å². The Labute approximate surface area is 133 Å². The van der Waals surface area contributed by atoms with E-state index in [-0.39, 0.29) is 5.57 Å². The fourth-order valence-electron chi connectivity index (χ4n) is 2.30. The van der Waals surface area contributed by atoms with E-state index in [9.17, 15) is 10.1 Å². The van der Waals surface area contributed by atoms with Gasteiger partial charge in [-0.2, -0.15) is 5.26 Å². The lowest BCUT2D eigenvalue weighted by molar-refractivity contribution is -0.112. The van der Waals surface area contributed by atoms with Crippen molar-refractivity contribution in [2.45, 2.75) is 33.7 Å². The first-order valence-electron chi connectivity index (χ1n) is 7.06. The smallest absolute Gasteiger partial charge is 0.268 e. The number of carbonyl (C=O) groups excluding carboxylic acids is 1. The number of amides is 1. The van der Waals surface area contributed by atoms with Crippen LogP contribution in [0.5, 0.6) is 0 Å². The van der Waals surface area contributed by atoms with Gasteiger partial charge in [0.05, 0.1) is 0 Å². The first-order valence-corrected chi connectivity index (χ1v) is 7.94. The third-order valence-electron chi connectivity index (χ3n) is 3.38. The van der Waals surface area contributed by atoms with E-state index >= 15 is 0 Å². The molecule has 2 aromatic heterocycles. The van der Waals surface area contributed by atoms with Crippen LogP contribution in [0, 0.1) is 25.2 Å². The number of anilines is 1. The summed E-state index contributed by atoms with van der Waals surface area (Å²) in [6, 6.07) is 3.97. The number of nitriles is 1. The van der Waals surface area contributed by atoms with Gasteiger partial charge >= 0.3 is 0 Å². The van der Waals surface area contributed by atoms with E-state index in [1.807, 2.05) is 26.0 Å². The van der Waals surface area contributed by atoms with Gasteiger partial charge < -0.3 is 4.57 Å². The largest absolute Gasteiger partial charge is 0.349 e. The maximum Gasteiger partial charge on any atom is 0.268 e. The number of aryl methyl sites for hydroxylation is 1. The molecule has 2 aromatic rings. The van der Waals surface area contributed by atoms with Crippen LogP contribution in [0.3, 0.4) is 0 Å². The summed E-state index contributed by atoms with van der Waals surface area (Å²) in [6.07, 6.45) is 4.28. The van der Waals surface area contributed by atoms with E-state index in [1.165, 1.54) is 11.3 Å². The van der Waals surface area contributed by atoms with Crippen molar-refractivity contribution >= 4 is 28.5 Å². The van der Waals surface area contributed by atoms with E-state index in [2.05, 4.69) is 21.8 Å². The predicted octanol–water partition coefficient (Wildman–Crippen LogP) is 3.52. The van der Waals surface area contributed by atoms with Gasteiger partial charge in [0.15, 0.2) is 5.13 Å². The van der Waals surface area contributed by atoms with E-state index in [0.717, 1.165) is 29.9 Å². The second-order valence-electron chi connectivity index (χ2n) is 4.94. The topological polar surface area (TPSA) is 70.7 Å². The van der Waals surface area contributed by atoms with Gasteiger partial charge in [0.25, 0.3) is 5.91 Å². The van der Waals surface area contributed by atoms with E-state index in [4.69, 9.17) is 0 Å². The number of nitrogens with one attached hydrogen (secondary N) is 1. The summed E-state index contributed by atoms with van der Waals surface area (Å²) >= 11 is 1.32. The average Bonchev–Trinajstić information content (AvgIpc) is 3.08. The Morgan fingerprint density at radius 2 is 2.32 bits per heavy atom. The molecular weight excluding hydrogens is 296 g/mol. The quantitative estimate of drug-likeness (QED) is 0.678. The van der Waals surface area contributed by atoms with Gasteiger partial charge in [-0.15, -0.1) is 11.3 Å². The second kappa shape index (κ2) is 7.05. The van der Waals surface area contributed by atoms with Crippen molar-refractivity contribution in [1.29, 1.82) is 5.26 Å². The minimum Gasteiger partial charge on any atom is -0.349 e. The molecule has 0 radical (unpaired) electrons. The van der Waals surface area contributed by atoms with E-state index < -0.39 is 5.91 Å². The van der Waals surface area contributed by atoms with Gasteiger partial charge in [-0.3, -0.25) is 10.1 Å². The molecule has 1 N–H and O–H groups in total. The van der Waals surface area contributed by atoms with Crippen LogP contribution < -0.4 is 5.32 Å². The number of carbonyl (C=O) groups is 1. The molecule has 0 aromatic carbocycles. The zero-order valence-corrected chi connectivity index (χ0v) is 13.7. The minimum absolute atomic E-state index is 0.0759. The summed E-state index contributed by atoms with van der Waals surface area (Å²) in [4.78, 5) is 16.1. The molecule has 6 heteroatoms. The molecule has 0 bridgehead atoms. The Morgan fingerprint density at radius 1 is 1.55 bits per heavy atom. The maximum atomic E-state index is 12.1. The minimum atomic E-state index is -0.433. The number of aromatic nitrogens is 2. The summed E-state index contributed by atoms with van der Waals surface area (Å²) in [6.45, 7) is 7.08. The van der Waals surface area contributed by atoms with Crippen LogP contribution in [-0.2, 0) is 11.3 Å². The Kier molecular flexibility index (Phi) is 5.12. The maximum absolute atomic E-state index is 12.1. The summed E-state index contributed by atoms with van der Waals surface area (Å²) in [7, 11) is 0. The lowest BCUT2D eigenvalue weighted by Crippen LogP contribution is -2.13. The molecule has 0 saturated heterocycles. The third kappa shape index (κ3) is 3.43. The second-order valence-corrected chi connectivity index (χ2v) is 5.83. The zero-order valence-electron chi connectivity index (χ0n) is 12.9. The van der Waals surface area contributed by atoms with Crippen molar-refractivity contribution < 1.29 is 4.79 Å². The molecule has 0 fully saturated rings. The number of nitrogens with zero attached hydrogens (tertiary/aromatic N) is 3. The normalized spacial score (nSPS) is 11.3. The van der Waals surface area contributed by atoms with Crippen LogP contribution in [0.2, 0.25) is 0 Å². The molecule has 0 aliphatic carbocycles. The highest BCUT2D eigenvalue weighted by Gasteiger charge is 2.13. The fourth-order valence-corrected chi connectivity index (χ4v) is 2.82. The lowest BCUT2D eigenvalue weighted by Gasteiger charge is -2.07. The monoisotopic (exact) mass is 314 g/mol. The number of thiazole rings is 1. The molecule has 0 spiro atoms. The zero-order chi connectivity index (χ0) is 16.1. The SMILES string of the molecule is CCCn1c(C)cc(C=C(C#N)C(=O)Nc2nccs2)c1C. The predicted molar refractivity (Wildman–Crippen MR) is 88.5 cm³/mol. The standard InChI is InChI=1S/C16H18N4OS/c1-4-6-20-11(2)8-13(12(20)3)9-14(10-17)15(21)19-16-18-5-7-22-16/h5,7-9H,4,6H2,1-3H3,(H,18,19,21). The molecule has 1 amide bonds. The van der Waals surface area contributed by atoms with Crippen molar-refractivity contribution in [1.82, 2.24) is 9.55 Å². The molecule has 22 heavy (non-hydrogen) atoms. The van der Waals surface area contributed by atoms with Gasteiger partial charge in [0.2, 0.25) is 0 Å². The number of hydrogen-bond donors (Lipinski definition) is 1. The Hall–Kier alpha value is -2.39. The molecule has 2 rings (SSSR count). The number of hydrogen-bond acceptors (Lipinski definition) is 4. The first-order chi connectivity index (χ1) is 10.6. The van der Waals surface area contributed by atoms with Crippen molar-refractivity contribution in [3.8, 4) is 6.07 Å². The summed E-state index contributed by atoms with van der Waals surface area (Å²) < 4.78 is 2.19. The summed E-state index contributed by atoms with van der Waals surface area (Å²) in [5.41, 5.74) is 3.17. The van der Waals surface area contributed by atoms with Crippen LogP contribution in [0.4, 0.5) is 5.13 Å². The molecule has 0 aliphatic rings. The van der Waals surface area contributed by atoms with E-state index in [0.29, 0.717) is 5.13 Å². The Morgan fingerprint density at radius 3 is 2.91 bits per heavy atom. The molecule has 5 nitrogen and oxygen atoms in total. The van der Waals surface area contributed by atoms with Gasteiger partial charge in [-0.05, 0) is 38.0 Å². The van der Waals surface area contributed by atoms with Crippen molar-refractivity contribution in [2.75, 3.05) is 5.32 Å². The number of rotatable bonds is 5. The van der Waals surface area contributed by atoms with Crippen LogP contribution in [0.25, 0.3) is 6.08 Å². The lowest BCUT2D eigenvalue weighted by atomic mass is 10.1. The highest BCUT2D eigenvalue weighted by Crippen LogP contribution is 2.19.